The number of benzene rings is 3. The van der Waals surface area contributed by atoms with Crippen LogP contribution in [0.1, 0.15) is 48.9 Å². The molecular weight excluding hydrogens is 659 g/mol. The minimum absolute atomic E-state index is 0.0711. The van der Waals surface area contributed by atoms with E-state index in [0.29, 0.717) is 31.7 Å². The van der Waals surface area contributed by atoms with Crippen LogP contribution in [-0.4, -0.2) is 76.5 Å². The van der Waals surface area contributed by atoms with Gasteiger partial charge >= 0.3 is 13.9 Å². The molecule has 0 radical (unpaired) electrons. The van der Waals surface area contributed by atoms with Crippen molar-refractivity contribution < 1.29 is 38.0 Å². The molecule has 12 nitrogen and oxygen atoms in total. The van der Waals surface area contributed by atoms with Crippen molar-refractivity contribution in [3.05, 3.63) is 101 Å². The van der Waals surface area contributed by atoms with E-state index in [2.05, 4.69) is 16.0 Å². The molecule has 3 aromatic rings. The number of hydrogen-bond acceptors (Lipinski definition) is 6. The van der Waals surface area contributed by atoms with E-state index in [1.54, 1.807) is 0 Å². The van der Waals surface area contributed by atoms with E-state index in [4.69, 9.17) is 9.26 Å². The molecule has 0 unspecified atom stereocenters. The van der Waals surface area contributed by atoms with Crippen LogP contribution in [0.25, 0.3) is 0 Å². The summed E-state index contributed by atoms with van der Waals surface area (Å²) >= 11 is 0. The lowest BCUT2D eigenvalue weighted by atomic mass is 9.92. The first-order valence-electron chi connectivity index (χ1n) is 17.0. The molecule has 270 valence electrons. The number of hydrogen-bond donors (Lipinski definition) is 5. The van der Waals surface area contributed by atoms with Crippen LogP contribution in [-0.2, 0) is 31.5 Å². The molecule has 0 bridgehead atoms. The molecule has 0 spiro atoms. The topological polar surface area (TPSA) is 167 Å². The van der Waals surface area contributed by atoms with Crippen LogP contribution in [0.3, 0.4) is 0 Å². The fourth-order valence-corrected chi connectivity index (χ4v) is 6.98. The largest absolute Gasteiger partial charge is 0.483 e. The van der Waals surface area contributed by atoms with Gasteiger partial charge in [-0.05, 0) is 67.7 Å². The molecule has 1 aliphatic heterocycles. The summed E-state index contributed by atoms with van der Waals surface area (Å²) in [6, 6.07) is 21.5. The summed E-state index contributed by atoms with van der Waals surface area (Å²) in [7, 11) is -5.09. The van der Waals surface area contributed by atoms with E-state index in [-0.39, 0.29) is 31.4 Å². The van der Waals surface area contributed by atoms with Gasteiger partial charge in [-0.1, -0.05) is 92.7 Å². The predicted octanol–water partition coefficient (Wildman–Crippen LogP) is 4.45. The summed E-state index contributed by atoms with van der Waals surface area (Å²) in [5.74, 6) is -0.538. The zero-order chi connectivity index (χ0) is 36.3. The molecule has 50 heavy (non-hydrogen) atoms. The Labute approximate surface area is 294 Å². The number of nitrogens with zero attached hydrogens (tertiary/aromatic N) is 1. The number of carbonyl (C=O) groups excluding carboxylic acids is 3. The lowest BCUT2D eigenvalue weighted by Crippen LogP contribution is -2.59. The van der Waals surface area contributed by atoms with E-state index in [1.165, 1.54) is 4.90 Å². The number of para-hydroxylation sites is 1. The quantitative estimate of drug-likeness (QED) is 0.128. The molecule has 1 heterocycles. The maximum Gasteiger partial charge on any atom is 0.469 e. The highest BCUT2D eigenvalue weighted by atomic mass is 31.2. The average Bonchev–Trinajstić information content (AvgIpc) is 3.05. The Kier molecular flexibility index (Phi) is 14.0. The number of carbonyl (C=O) groups is 3. The van der Waals surface area contributed by atoms with Crippen LogP contribution >= 0.6 is 7.82 Å². The van der Waals surface area contributed by atoms with E-state index in [0.717, 1.165) is 22.3 Å². The van der Waals surface area contributed by atoms with E-state index >= 15 is 0 Å². The highest BCUT2D eigenvalue weighted by Crippen LogP contribution is 2.40. The van der Waals surface area contributed by atoms with E-state index in [9.17, 15) is 28.7 Å². The smallest absolute Gasteiger partial charge is 0.469 e. The van der Waals surface area contributed by atoms with Gasteiger partial charge in [0.1, 0.15) is 11.8 Å². The summed E-state index contributed by atoms with van der Waals surface area (Å²) in [5, 5.41) is 8.80. The van der Waals surface area contributed by atoms with Crippen molar-refractivity contribution in [2.75, 3.05) is 19.7 Å². The van der Waals surface area contributed by atoms with Gasteiger partial charge < -0.3 is 35.4 Å². The van der Waals surface area contributed by atoms with Gasteiger partial charge in [0, 0.05) is 19.1 Å². The van der Waals surface area contributed by atoms with Gasteiger partial charge in [0.2, 0.25) is 5.91 Å². The van der Waals surface area contributed by atoms with Crippen molar-refractivity contribution in [2.45, 2.75) is 77.6 Å². The number of phosphoric ester groups is 1. The van der Waals surface area contributed by atoms with Crippen LogP contribution in [0, 0.1) is 19.8 Å². The summed E-state index contributed by atoms with van der Waals surface area (Å²) in [5.41, 5.74) is 3.40. The molecule has 4 rings (SSSR count). The Morgan fingerprint density at radius 2 is 1.50 bits per heavy atom. The van der Waals surface area contributed by atoms with Crippen LogP contribution in [0.2, 0.25) is 0 Å². The fraction of sp³-hybridized carbons (Fsp3) is 0.432. The van der Waals surface area contributed by atoms with Gasteiger partial charge in [-0.3, -0.25) is 14.1 Å². The zero-order valence-electron chi connectivity index (χ0n) is 29.1. The lowest BCUT2D eigenvalue weighted by molar-refractivity contribution is -0.128. The van der Waals surface area contributed by atoms with Crippen molar-refractivity contribution in [3.63, 3.8) is 0 Å². The van der Waals surface area contributed by atoms with Gasteiger partial charge in [-0.15, -0.1) is 0 Å². The second-order valence-electron chi connectivity index (χ2n) is 13.1. The Morgan fingerprint density at radius 3 is 2.06 bits per heavy atom. The standard InChI is InChI=1S/C37H49N4O8P/c1-25(2)34(41-20-12-19-38-37(41)44)36(43)39-30(21-28-15-7-5-8-16-28)23-32(49-50(45,46)47)31(22-29-17-9-6-10-18-29)40-33(42)24-48-35-26(3)13-11-14-27(35)4/h5-11,13-18,25,30-32,34H,12,19-24H2,1-4H3,(H,38,44)(H,39,43)(H,40,42)(H2,45,46,47)/t30-,31-,32-,34-/m0/s1. The first-order chi connectivity index (χ1) is 23.8. The Hall–Kier alpha value is -4.22. The molecule has 1 fully saturated rings. The third-order valence-electron chi connectivity index (χ3n) is 8.66. The second-order valence-corrected chi connectivity index (χ2v) is 14.3. The minimum atomic E-state index is -5.09. The molecule has 0 saturated carbocycles. The molecule has 13 heteroatoms. The molecule has 4 amide bonds. The SMILES string of the molecule is Cc1cccc(C)c1OCC(=O)N[C@@H](Cc1ccccc1)[C@H](C[C@H](Cc1ccccc1)NC(=O)[C@H](C(C)C)N1CCCNC1=O)OP(=O)(O)O. The van der Waals surface area contributed by atoms with Gasteiger partial charge in [0.15, 0.2) is 6.61 Å². The molecule has 0 aliphatic carbocycles. The van der Waals surface area contributed by atoms with Crippen molar-refractivity contribution >= 4 is 25.7 Å². The van der Waals surface area contributed by atoms with Crippen LogP contribution in [0.4, 0.5) is 4.79 Å². The maximum absolute atomic E-state index is 14.0. The number of phosphoric acid groups is 1. The van der Waals surface area contributed by atoms with Crippen LogP contribution < -0.4 is 20.7 Å². The third kappa shape index (κ3) is 11.7. The predicted molar refractivity (Wildman–Crippen MR) is 190 cm³/mol. The molecule has 1 aliphatic rings. The van der Waals surface area contributed by atoms with E-state index < -0.39 is 43.9 Å². The highest BCUT2D eigenvalue weighted by Gasteiger charge is 2.37. The molecule has 4 atom stereocenters. The first-order valence-corrected chi connectivity index (χ1v) is 18.5. The van der Waals surface area contributed by atoms with Gasteiger partial charge in [0.05, 0.1) is 12.1 Å². The Morgan fingerprint density at radius 1 is 0.900 bits per heavy atom. The zero-order valence-corrected chi connectivity index (χ0v) is 30.0. The molecule has 1 saturated heterocycles. The Balaban J connectivity index is 1.64. The van der Waals surface area contributed by atoms with Crippen molar-refractivity contribution in [1.29, 1.82) is 0 Å². The van der Waals surface area contributed by atoms with Gasteiger partial charge in [-0.25, -0.2) is 9.36 Å². The molecule has 0 aromatic heterocycles. The highest BCUT2D eigenvalue weighted by molar-refractivity contribution is 7.46. The summed E-state index contributed by atoms with van der Waals surface area (Å²) in [6.07, 6.45) is -0.147. The van der Waals surface area contributed by atoms with Crippen molar-refractivity contribution in [1.82, 2.24) is 20.9 Å². The number of urea groups is 1. The number of aryl methyl sites for hydroxylation is 2. The van der Waals surface area contributed by atoms with Crippen LogP contribution in [0.15, 0.2) is 78.9 Å². The van der Waals surface area contributed by atoms with Crippen LogP contribution in [0.5, 0.6) is 5.75 Å². The number of ether oxygens (including phenoxy) is 1. The first kappa shape index (κ1) is 38.6. The summed E-state index contributed by atoms with van der Waals surface area (Å²) < 4.78 is 23.8. The molecule has 5 N–H and O–H groups in total. The normalized spacial score (nSPS) is 15.8. The molecule has 3 aromatic carbocycles. The second kappa shape index (κ2) is 18.1. The minimum Gasteiger partial charge on any atom is -0.483 e. The van der Waals surface area contributed by atoms with Crippen molar-refractivity contribution in [3.8, 4) is 5.75 Å². The number of nitrogens with one attached hydrogen (secondary N) is 3. The monoisotopic (exact) mass is 708 g/mol. The molecular formula is C37H49N4O8P. The summed E-state index contributed by atoms with van der Waals surface area (Å²) in [4.78, 5) is 62.0. The van der Waals surface area contributed by atoms with Crippen molar-refractivity contribution in [2.24, 2.45) is 5.92 Å². The Bertz CT molecular complexity index is 1600. The van der Waals surface area contributed by atoms with Gasteiger partial charge in [0.25, 0.3) is 5.91 Å². The third-order valence-corrected chi connectivity index (χ3v) is 9.20. The number of rotatable bonds is 17. The van der Waals surface area contributed by atoms with Gasteiger partial charge in [-0.2, -0.15) is 0 Å². The number of amides is 4. The summed E-state index contributed by atoms with van der Waals surface area (Å²) in [6.45, 7) is 8.11. The lowest BCUT2D eigenvalue weighted by Gasteiger charge is -2.37. The van der Waals surface area contributed by atoms with E-state index in [1.807, 2.05) is 107 Å². The fourth-order valence-electron chi connectivity index (χ4n) is 6.39. The average molecular weight is 709 g/mol. The maximum atomic E-state index is 14.0.